The number of primary amides is 1. The normalized spacial score (nSPS) is 24.9. The Morgan fingerprint density at radius 1 is 1.69 bits per heavy atom. The van der Waals surface area contributed by atoms with Crippen molar-refractivity contribution < 1.29 is 14.6 Å². The van der Waals surface area contributed by atoms with Crippen molar-refractivity contribution in [2.24, 2.45) is 5.73 Å². The number of carbonyl (C=O) groups is 1. The van der Waals surface area contributed by atoms with E-state index in [0.29, 0.717) is 3.70 Å². The number of carbonyl (C=O) groups excluding carboxylic acids is 1. The molecule has 1 saturated heterocycles. The molecule has 16 heavy (non-hydrogen) atoms. The lowest BCUT2D eigenvalue weighted by atomic mass is 10.2. The van der Waals surface area contributed by atoms with Crippen LogP contribution in [0, 0.1) is 3.70 Å². The van der Waals surface area contributed by atoms with Crippen LogP contribution in [0.5, 0.6) is 0 Å². The van der Waals surface area contributed by atoms with Gasteiger partial charge in [-0.05, 0) is 35.4 Å². The number of nitrogens with zero attached hydrogens (tertiary/aromatic N) is 3. The highest BCUT2D eigenvalue weighted by Crippen LogP contribution is 2.29. The molecule has 3 N–H and O–H groups in total. The third kappa shape index (κ3) is 2.04. The van der Waals surface area contributed by atoms with Gasteiger partial charge in [0.25, 0.3) is 5.91 Å². The number of aliphatic hydroxyl groups excluding tert-OH is 1. The van der Waals surface area contributed by atoms with Gasteiger partial charge in [0, 0.05) is 0 Å². The van der Waals surface area contributed by atoms with Crippen LogP contribution in [-0.2, 0) is 4.74 Å². The molecule has 2 rings (SSSR count). The lowest BCUT2D eigenvalue weighted by Crippen LogP contribution is -2.17. The van der Waals surface area contributed by atoms with Crippen LogP contribution in [0.4, 0.5) is 0 Å². The number of halogens is 1. The highest BCUT2D eigenvalue weighted by atomic mass is 127. The van der Waals surface area contributed by atoms with Crippen LogP contribution in [0.3, 0.4) is 0 Å². The van der Waals surface area contributed by atoms with Gasteiger partial charge in [-0.25, -0.2) is 4.68 Å². The van der Waals surface area contributed by atoms with Crippen molar-refractivity contribution >= 4 is 28.5 Å². The summed E-state index contributed by atoms with van der Waals surface area (Å²) in [5, 5.41) is 16.5. The molecule has 1 aliphatic heterocycles. The summed E-state index contributed by atoms with van der Waals surface area (Å²) in [5.41, 5.74) is 5.29. The van der Waals surface area contributed by atoms with Gasteiger partial charge in [0.2, 0.25) is 0 Å². The number of hydrogen-bond acceptors (Lipinski definition) is 5. The van der Waals surface area contributed by atoms with E-state index in [0.717, 1.165) is 12.8 Å². The number of aliphatic hydroxyl groups is 1. The number of nitrogens with two attached hydrogens (primary N) is 1. The highest BCUT2D eigenvalue weighted by Gasteiger charge is 2.29. The Bertz CT molecular complexity index is 408. The van der Waals surface area contributed by atoms with Gasteiger partial charge in [0.05, 0.1) is 12.7 Å². The zero-order chi connectivity index (χ0) is 11.7. The van der Waals surface area contributed by atoms with E-state index in [4.69, 9.17) is 15.6 Å². The van der Waals surface area contributed by atoms with Crippen molar-refractivity contribution in [3.8, 4) is 0 Å². The Morgan fingerprint density at radius 2 is 2.44 bits per heavy atom. The van der Waals surface area contributed by atoms with Crippen LogP contribution in [0.1, 0.15) is 29.6 Å². The number of hydrogen-bond donors (Lipinski definition) is 2. The van der Waals surface area contributed by atoms with Gasteiger partial charge in [-0.3, -0.25) is 4.79 Å². The summed E-state index contributed by atoms with van der Waals surface area (Å²) in [4.78, 5) is 11.0. The largest absolute Gasteiger partial charge is 0.394 e. The molecule has 0 saturated carbocycles. The van der Waals surface area contributed by atoms with Crippen molar-refractivity contribution in [2.45, 2.75) is 25.2 Å². The van der Waals surface area contributed by atoms with Crippen molar-refractivity contribution in [2.75, 3.05) is 6.61 Å². The van der Waals surface area contributed by atoms with E-state index in [-0.39, 0.29) is 24.6 Å². The van der Waals surface area contributed by atoms with E-state index in [9.17, 15) is 4.79 Å². The quantitative estimate of drug-likeness (QED) is 0.734. The molecule has 88 valence electrons. The Balaban J connectivity index is 2.19. The summed E-state index contributed by atoms with van der Waals surface area (Å²) in [7, 11) is 0. The van der Waals surface area contributed by atoms with Gasteiger partial charge < -0.3 is 15.6 Å². The monoisotopic (exact) mass is 338 g/mol. The SMILES string of the molecule is NC(=O)c1nnn([C@H]2CC[C@@H](CO)O2)c1I. The molecule has 0 aromatic carbocycles. The first kappa shape index (κ1) is 11.7. The molecule has 8 heteroatoms. The summed E-state index contributed by atoms with van der Waals surface area (Å²) >= 11 is 1.95. The van der Waals surface area contributed by atoms with Gasteiger partial charge in [-0.15, -0.1) is 5.10 Å². The van der Waals surface area contributed by atoms with Gasteiger partial charge >= 0.3 is 0 Å². The van der Waals surface area contributed by atoms with Gasteiger partial charge in [0.15, 0.2) is 11.9 Å². The minimum Gasteiger partial charge on any atom is -0.394 e. The molecule has 0 spiro atoms. The summed E-state index contributed by atoms with van der Waals surface area (Å²) in [6.45, 7) is -0.00947. The van der Waals surface area contributed by atoms with E-state index in [2.05, 4.69) is 10.3 Å². The second-order valence-corrected chi connectivity index (χ2v) is 4.53. The molecule has 1 aliphatic rings. The van der Waals surface area contributed by atoms with Gasteiger partial charge in [0.1, 0.15) is 3.70 Å². The second-order valence-electron chi connectivity index (χ2n) is 3.51. The fourth-order valence-corrected chi connectivity index (χ4v) is 2.40. The first-order valence-corrected chi connectivity index (χ1v) is 5.88. The Hall–Kier alpha value is -0.740. The standard InChI is InChI=1S/C8H11IN4O3/c9-7-6(8(10)15)11-12-13(7)5-2-1-4(3-14)16-5/h4-5,14H,1-3H2,(H2,10,15)/t4-,5+/m0/s1. The predicted molar refractivity (Wildman–Crippen MR) is 61.5 cm³/mol. The lowest BCUT2D eigenvalue weighted by Gasteiger charge is -2.12. The predicted octanol–water partition coefficient (Wildman–Crippen LogP) is -0.349. The average Bonchev–Trinajstić information content (AvgIpc) is 2.83. The number of amides is 1. The fraction of sp³-hybridized carbons (Fsp3) is 0.625. The molecule has 2 heterocycles. The number of rotatable bonds is 3. The maximum atomic E-state index is 11.0. The molecule has 1 aromatic heterocycles. The van der Waals surface area contributed by atoms with E-state index in [1.54, 1.807) is 0 Å². The molecule has 1 amide bonds. The zero-order valence-corrected chi connectivity index (χ0v) is 10.5. The molecular formula is C8H11IN4O3. The van der Waals surface area contributed by atoms with Crippen molar-refractivity contribution in [1.82, 2.24) is 15.0 Å². The molecule has 7 nitrogen and oxygen atoms in total. The average molecular weight is 338 g/mol. The third-order valence-corrected chi connectivity index (χ3v) is 3.44. The van der Waals surface area contributed by atoms with Crippen LogP contribution in [0.2, 0.25) is 0 Å². The molecule has 1 aromatic rings. The Labute approximate surface area is 105 Å². The molecule has 2 atom stereocenters. The van der Waals surface area contributed by atoms with Crippen LogP contribution in [0.25, 0.3) is 0 Å². The summed E-state index contributed by atoms with van der Waals surface area (Å²) in [6.07, 6.45) is 1.07. The highest BCUT2D eigenvalue weighted by molar-refractivity contribution is 14.1. The van der Waals surface area contributed by atoms with E-state index < -0.39 is 5.91 Å². The van der Waals surface area contributed by atoms with Crippen LogP contribution >= 0.6 is 22.6 Å². The van der Waals surface area contributed by atoms with Crippen molar-refractivity contribution in [1.29, 1.82) is 0 Å². The molecular weight excluding hydrogens is 327 g/mol. The minimum atomic E-state index is -0.604. The van der Waals surface area contributed by atoms with Gasteiger partial charge in [-0.1, -0.05) is 5.21 Å². The summed E-state index contributed by atoms with van der Waals surface area (Å²) in [6, 6.07) is 0. The first-order chi connectivity index (χ1) is 7.63. The Kier molecular flexibility index (Phi) is 3.40. The Morgan fingerprint density at radius 3 is 2.94 bits per heavy atom. The molecule has 0 aliphatic carbocycles. The van der Waals surface area contributed by atoms with Crippen molar-refractivity contribution in [3.63, 3.8) is 0 Å². The van der Waals surface area contributed by atoms with E-state index >= 15 is 0 Å². The third-order valence-electron chi connectivity index (χ3n) is 2.43. The van der Waals surface area contributed by atoms with E-state index in [1.165, 1.54) is 4.68 Å². The lowest BCUT2D eigenvalue weighted by molar-refractivity contribution is -0.0302. The fourth-order valence-electron chi connectivity index (χ4n) is 1.62. The van der Waals surface area contributed by atoms with E-state index in [1.807, 2.05) is 22.6 Å². The zero-order valence-electron chi connectivity index (χ0n) is 8.34. The molecule has 1 fully saturated rings. The molecule has 0 radical (unpaired) electrons. The van der Waals surface area contributed by atoms with Crippen molar-refractivity contribution in [3.05, 3.63) is 9.39 Å². The maximum absolute atomic E-state index is 11.0. The van der Waals surface area contributed by atoms with Crippen LogP contribution in [-0.4, -0.2) is 38.7 Å². The molecule has 0 unspecified atom stereocenters. The number of aromatic nitrogens is 3. The maximum Gasteiger partial charge on any atom is 0.272 e. The minimum absolute atomic E-state index is 0.00947. The van der Waals surface area contributed by atoms with Crippen LogP contribution in [0.15, 0.2) is 0 Å². The van der Waals surface area contributed by atoms with Gasteiger partial charge in [-0.2, -0.15) is 0 Å². The second kappa shape index (κ2) is 4.63. The molecule has 0 bridgehead atoms. The van der Waals surface area contributed by atoms with Crippen LogP contribution < -0.4 is 5.73 Å². The summed E-state index contributed by atoms with van der Waals surface area (Å²) < 4.78 is 7.61. The smallest absolute Gasteiger partial charge is 0.272 e. The number of ether oxygens (including phenoxy) is 1. The summed E-state index contributed by atoms with van der Waals surface area (Å²) in [5.74, 6) is -0.604. The first-order valence-electron chi connectivity index (χ1n) is 4.80. The topological polar surface area (TPSA) is 103 Å².